The van der Waals surface area contributed by atoms with E-state index in [1.54, 1.807) is 7.11 Å². The minimum atomic E-state index is 0.593. The highest BCUT2D eigenvalue weighted by atomic mass is 16.5. The Kier molecular flexibility index (Phi) is 4.72. The summed E-state index contributed by atoms with van der Waals surface area (Å²) >= 11 is 0. The van der Waals surface area contributed by atoms with Gasteiger partial charge < -0.3 is 4.74 Å². The quantitative estimate of drug-likeness (QED) is 0.533. The summed E-state index contributed by atoms with van der Waals surface area (Å²) in [4.78, 5) is 2.25. The molecule has 2 nitrogen and oxygen atoms in total. The van der Waals surface area contributed by atoms with Gasteiger partial charge in [-0.05, 0) is 20.4 Å². The molecule has 0 aliphatic carbocycles. The molecule has 0 fully saturated rings. The third-order valence-corrected chi connectivity index (χ3v) is 1.43. The highest BCUT2D eigenvalue weighted by Gasteiger charge is 2.03. The van der Waals surface area contributed by atoms with Crippen LogP contribution in [0.5, 0.6) is 0 Å². The van der Waals surface area contributed by atoms with Gasteiger partial charge >= 0.3 is 0 Å². The molecule has 0 aliphatic heterocycles. The highest BCUT2D eigenvalue weighted by molar-refractivity contribution is 4.54. The van der Waals surface area contributed by atoms with E-state index in [0.29, 0.717) is 6.04 Å². The summed E-state index contributed by atoms with van der Waals surface area (Å²) in [5.41, 5.74) is 0. The van der Waals surface area contributed by atoms with Crippen molar-refractivity contribution in [3.8, 4) is 0 Å². The van der Waals surface area contributed by atoms with Gasteiger partial charge in [0.15, 0.2) is 0 Å². The van der Waals surface area contributed by atoms with Gasteiger partial charge in [0, 0.05) is 13.2 Å². The Morgan fingerprint density at radius 1 is 1.44 bits per heavy atom. The Morgan fingerprint density at radius 3 is 2.11 bits per heavy atom. The predicted octanol–water partition coefficient (Wildman–Crippen LogP) is 1.32. The van der Waals surface area contributed by atoms with Crippen LogP contribution < -0.4 is 0 Å². The first-order chi connectivity index (χ1) is 4.22. The van der Waals surface area contributed by atoms with Gasteiger partial charge in [-0.2, -0.15) is 0 Å². The molecule has 0 amide bonds. The van der Waals surface area contributed by atoms with Gasteiger partial charge in [0.1, 0.15) is 0 Å². The number of hydrogen-bond acceptors (Lipinski definition) is 2. The molecule has 9 heavy (non-hydrogen) atoms. The molecule has 0 spiro atoms. The maximum Gasteiger partial charge on any atom is 0.0988 e. The molecule has 0 radical (unpaired) electrons. The van der Waals surface area contributed by atoms with Crippen LogP contribution in [-0.2, 0) is 4.74 Å². The van der Waals surface area contributed by atoms with E-state index < -0.39 is 0 Å². The Hall–Kier alpha value is -0.0800. The first-order valence-corrected chi connectivity index (χ1v) is 3.45. The number of methoxy groups -OCH3 is 1. The van der Waals surface area contributed by atoms with E-state index in [1.165, 1.54) is 0 Å². The van der Waals surface area contributed by atoms with Crippen molar-refractivity contribution in [3.63, 3.8) is 0 Å². The van der Waals surface area contributed by atoms with Crippen LogP contribution in [0.25, 0.3) is 0 Å². The zero-order valence-corrected chi connectivity index (χ0v) is 6.85. The van der Waals surface area contributed by atoms with E-state index in [0.717, 1.165) is 13.3 Å². The van der Waals surface area contributed by atoms with Crippen molar-refractivity contribution in [2.75, 3.05) is 20.4 Å². The molecule has 0 aromatic rings. The molecule has 0 atom stereocenters. The van der Waals surface area contributed by atoms with Crippen LogP contribution in [0.15, 0.2) is 0 Å². The molecule has 2 heteroatoms. The smallest absolute Gasteiger partial charge is 0.0988 e. The molecule has 0 aromatic carbocycles. The van der Waals surface area contributed by atoms with Crippen LogP contribution >= 0.6 is 0 Å². The van der Waals surface area contributed by atoms with E-state index in [9.17, 15) is 0 Å². The Morgan fingerprint density at radius 2 is 2.00 bits per heavy atom. The van der Waals surface area contributed by atoms with Crippen LogP contribution in [0.3, 0.4) is 0 Å². The molecule has 0 aromatic heterocycles. The molecule has 0 saturated heterocycles. The second kappa shape index (κ2) is 4.77. The summed E-state index contributed by atoms with van der Waals surface area (Å²) < 4.78 is 4.98. The zero-order chi connectivity index (χ0) is 7.28. The van der Waals surface area contributed by atoms with Crippen LogP contribution in [0.2, 0.25) is 0 Å². The third kappa shape index (κ3) is 3.49. The van der Waals surface area contributed by atoms with Gasteiger partial charge in [-0.15, -0.1) is 0 Å². The summed E-state index contributed by atoms with van der Waals surface area (Å²) in [6.07, 6.45) is 0. The first kappa shape index (κ1) is 8.92. The Labute approximate surface area is 57.8 Å². The second-order valence-corrected chi connectivity index (χ2v) is 2.42. The monoisotopic (exact) mass is 131 g/mol. The third-order valence-electron chi connectivity index (χ3n) is 1.43. The van der Waals surface area contributed by atoms with Gasteiger partial charge in [0.25, 0.3) is 0 Å². The number of ether oxygens (including phenoxy) is 1. The molecular formula is C7H17NO. The van der Waals surface area contributed by atoms with Crippen molar-refractivity contribution in [1.82, 2.24) is 4.90 Å². The van der Waals surface area contributed by atoms with Crippen molar-refractivity contribution >= 4 is 0 Å². The summed E-state index contributed by atoms with van der Waals surface area (Å²) in [6, 6.07) is 0.593. The average molecular weight is 131 g/mol. The SMILES string of the molecule is CCN(COC)C(C)C. The van der Waals surface area contributed by atoms with Crippen molar-refractivity contribution in [2.45, 2.75) is 26.8 Å². The lowest BCUT2D eigenvalue weighted by Gasteiger charge is -2.22. The minimum absolute atomic E-state index is 0.593. The topological polar surface area (TPSA) is 12.5 Å². The maximum atomic E-state index is 4.98. The molecule has 0 heterocycles. The van der Waals surface area contributed by atoms with Crippen LogP contribution in [0, 0.1) is 0 Å². The summed E-state index contributed by atoms with van der Waals surface area (Å²) in [6.45, 7) is 8.28. The fourth-order valence-electron chi connectivity index (χ4n) is 0.771. The number of rotatable bonds is 4. The first-order valence-electron chi connectivity index (χ1n) is 3.45. The lowest BCUT2D eigenvalue weighted by atomic mass is 10.3. The molecule has 0 bridgehead atoms. The highest BCUT2D eigenvalue weighted by Crippen LogP contribution is 1.95. The van der Waals surface area contributed by atoms with E-state index in [1.807, 2.05) is 0 Å². The average Bonchev–Trinajstić information content (AvgIpc) is 1.82. The molecule has 0 N–H and O–H groups in total. The molecular weight excluding hydrogens is 114 g/mol. The minimum Gasteiger partial charge on any atom is -0.369 e. The van der Waals surface area contributed by atoms with Crippen molar-refractivity contribution in [2.24, 2.45) is 0 Å². The summed E-state index contributed by atoms with van der Waals surface area (Å²) in [5.74, 6) is 0. The summed E-state index contributed by atoms with van der Waals surface area (Å²) in [5, 5.41) is 0. The van der Waals surface area contributed by atoms with Crippen LogP contribution in [0.1, 0.15) is 20.8 Å². The van der Waals surface area contributed by atoms with E-state index in [2.05, 4.69) is 25.7 Å². The maximum absolute atomic E-state index is 4.98. The van der Waals surface area contributed by atoms with Gasteiger partial charge in [0.2, 0.25) is 0 Å². The fraction of sp³-hybridized carbons (Fsp3) is 1.00. The standard InChI is InChI=1S/C7H17NO/c1-5-8(6-9-4)7(2)3/h7H,5-6H2,1-4H3. The predicted molar refractivity (Wildman–Crippen MR) is 39.4 cm³/mol. The second-order valence-electron chi connectivity index (χ2n) is 2.42. The zero-order valence-electron chi connectivity index (χ0n) is 6.85. The lowest BCUT2D eigenvalue weighted by Crippen LogP contribution is -2.32. The van der Waals surface area contributed by atoms with Gasteiger partial charge in [-0.1, -0.05) is 6.92 Å². The van der Waals surface area contributed by atoms with Gasteiger partial charge in [-0.25, -0.2) is 0 Å². The number of nitrogens with zero attached hydrogens (tertiary/aromatic N) is 1. The van der Waals surface area contributed by atoms with Crippen molar-refractivity contribution < 1.29 is 4.74 Å². The molecule has 0 saturated carbocycles. The number of hydrogen-bond donors (Lipinski definition) is 0. The van der Waals surface area contributed by atoms with Crippen LogP contribution in [-0.4, -0.2) is 31.3 Å². The van der Waals surface area contributed by atoms with Crippen molar-refractivity contribution in [1.29, 1.82) is 0 Å². The van der Waals surface area contributed by atoms with Crippen LogP contribution in [0.4, 0.5) is 0 Å². The molecule has 56 valence electrons. The van der Waals surface area contributed by atoms with Crippen molar-refractivity contribution in [3.05, 3.63) is 0 Å². The van der Waals surface area contributed by atoms with Gasteiger partial charge in [0.05, 0.1) is 6.73 Å². The Balaban J connectivity index is 3.41. The normalized spacial score (nSPS) is 11.3. The lowest BCUT2D eigenvalue weighted by molar-refractivity contribution is 0.0469. The molecule has 0 rings (SSSR count). The largest absolute Gasteiger partial charge is 0.369 e. The summed E-state index contributed by atoms with van der Waals surface area (Å²) in [7, 11) is 1.73. The molecule has 0 unspecified atom stereocenters. The fourth-order valence-corrected chi connectivity index (χ4v) is 0.771. The van der Waals surface area contributed by atoms with E-state index >= 15 is 0 Å². The van der Waals surface area contributed by atoms with E-state index in [-0.39, 0.29) is 0 Å². The van der Waals surface area contributed by atoms with Gasteiger partial charge in [-0.3, -0.25) is 4.90 Å². The Bertz CT molecular complexity index is 63.9. The molecule has 0 aliphatic rings. The van der Waals surface area contributed by atoms with E-state index in [4.69, 9.17) is 4.74 Å².